The molecule has 0 spiro atoms. The van der Waals surface area contributed by atoms with Gasteiger partial charge in [-0.3, -0.25) is 0 Å². The summed E-state index contributed by atoms with van der Waals surface area (Å²) in [5, 5.41) is 20.6. The van der Waals surface area contributed by atoms with Gasteiger partial charge in [0.1, 0.15) is 24.4 Å². The highest BCUT2D eigenvalue weighted by Crippen LogP contribution is 2.30. The van der Waals surface area contributed by atoms with E-state index in [1.165, 1.54) is 6.33 Å². The summed E-state index contributed by atoms with van der Waals surface area (Å²) in [5.41, 5.74) is 1.95. The summed E-state index contributed by atoms with van der Waals surface area (Å²) in [4.78, 5) is 0. The lowest BCUT2D eigenvalue weighted by Gasteiger charge is -2.21. The molecule has 0 saturated carbocycles. The summed E-state index contributed by atoms with van der Waals surface area (Å²) in [6.07, 6.45) is 0.996. The fourth-order valence-electron chi connectivity index (χ4n) is 1.77. The van der Waals surface area contributed by atoms with Crippen molar-refractivity contribution in [2.45, 2.75) is 39.2 Å². The number of hydrogen-bond acceptors (Lipinski definition) is 5. The Morgan fingerprint density at radius 3 is 2.65 bits per heavy atom. The van der Waals surface area contributed by atoms with Crippen molar-refractivity contribution >= 4 is 0 Å². The predicted octanol–water partition coefficient (Wildman–Crippen LogP) is 1.72. The summed E-state index contributed by atoms with van der Waals surface area (Å²) < 4.78 is 7.19. The molecule has 1 atom stereocenters. The lowest BCUT2D eigenvalue weighted by molar-refractivity contribution is 0.122. The van der Waals surface area contributed by atoms with Gasteiger partial charge in [-0.05, 0) is 40.5 Å². The van der Waals surface area contributed by atoms with Gasteiger partial charge >= 0.3 is 0 Å². The molecule has 0 aliphatic carbocycles. The monoisotopic (exact) mass is 276 g/mol. The second-order valence-corrected chi connectivity index (χ2v) is 5.85. The SMILES string of the molecule is CC(O)COc1ccc(C(C)(C)C)cc1-n1cnnn1. The maximum atomic E-state index is 9.35. The summed E-state index contributed by atoms with van der Waals surface area (Å²) in [7, 11) is 0. The van der Waals surface area contributed by atoms with Crippen molar-refractivity contribution in [3.63, 3.8) is 0 Å². The number of aromatic nitrogens is 4. The van der Waals surface area contributed by atoms with Gasteiger partial charge in [-0.2, -0.15) is 4.68 Å². The van der Waals surface area contributed by atoms with Crippen LogP contribution in [0, 0.1) is 0 Å². The number of hydrogen-bond donors (Lipinski definition) is 1. The molecule has 0 aliphatic rings. The van der Waals surface area contributed by atoms with E-state index in [9.17, 15) is 5.11 Å². The van der Waals surface area contributed by atoms with Crippen molar-refractivity contribution in [1.82, 2.24) is 20.2 Å². The standard InChI is InChI=1S/C14H20N4O2/c1-10(19)8-20-13-6-5-11(14(2,3)4)7-12(13)18-9-15-16-17-18/h5-7,9-10,19H,8H2,1-4H3. The molecule has 6 nitrogen and oxygen atoms in total. The van der Waals surface area contributed by atoms with Gasteiger partial charge in [-0.15, -0.1) is 5.10 Å². The molecule has 0 aliphatic heterocycles. The Kier molecular flexibility index (Phi) is 4.04. The van der Waals surface area contributed by atoms with Gasteiger partial charge < -0.3 is 9.84 Å². The molecule has 1 unspecified atom stereocenters. The molecular formula is C14H20N4O2. The van der Waals surface area contributed by atoms with E-state index in [2.05, 4.69) is 36.3 Å². The zero-order chi connectivity index (χ0) is 14.8. The van der Waals surface area contributed by atoms with Gasteiger partial charge in [-0.1, -0.05) is 26.8 Å². The molecule has 2 rings (SSSR count). The van der Waals surface area contributed by atoms with Gasteiger partial charge in [0, 0.05) is 0 Å². The van der Waals surface area contributed by atoms with Crippen LogP contribution in [0.15, 0.2) is 24.5 Å². The number of aliphatic hydroxyl groups excluding tert-OH is 1. The Hall–Kier alpha value is -1.95. The third kappa shape index (κ3) is 3.33. The first-order valence-electron chi connectivity index (χ1n) is 6.56. The maximum Gasteiger partial charge on any atom is 0.145 e. The van der Waals surface area contributed by atoms with Crippen LogP contribution in [0.3, 0.4) is 0 Å². The summed E-state index contributed by atoms with van der Waals surface area (Å²) in [6.45, 7) is 8.33. The van der Waals surface area contributed by atoms with Crippen molar-refractivity contribution < 1.29 is 9.84 Å². The highest BCUT2D eigenvalue weighted by molar-refractivity contribution is 5.49. The molecule has 1 aromatic carbocycles. The van der Waals surface area contributed by atoms with E-state index in [0.29, 0.717) is 5.75 Å². The molecule has 1 N–H and O–H groups in total. The van der Waals surface area contributed by atoms with Crippen LogP contribution in [0.2, 0.25) is 0 Å². The van der Waals surface area contributed by atoms with Crippen molar-refractivity contribution in [3.8, 4) is 11.4 Å². The summed E-state index contributed by atoms with van der Waals surface area (Å²) in [5.74, 6) is 0.645. The highest BCUT2D eigenvalue weighted by Gasteiger charge is 2.17. The predicted molar refractivity (Wildman–Crippen MR) is 75.0 cm³/mol. The molecule has 1 aromatic heterocycles. The van der Waals surface area contributed by atoms with E-state index in [1.54, 1.807) is 11.6 Å². The zero-order valence-corrected chi connectivity index (χ0v) is 12.2. The smallest absolute Gasteiger partial charge is 0.145 e. The Balaban J connectivity index is 2.41. The third-order valence-corrected chi connectivity index (χ3v) is 2.90. The Labute approximate surface area is 118 Å². The van der Waals surface area contributed by atoms with Gasteiger partial charge in [0.2, 0.25) is 0 Å². The molecule has 1 heterocycles. The summed E-state index contributed by atoms with van der Waals surface area (Å²) in [6, 6.07) is 5.92. The van der Waals surface area contributed by atoms with Crippen LogP contribution in [0.4, 0.5) is 0 Å². The number of ether oxygens (including phenoxy) is 1. The van der Waals surface area contributed by atoms with Crippen LogP contribution in [-0.2, 0) is 5.41 Å². The molecular weight excluding hydrogens is 256 g/mol. The number of tetrazole rings is 1. The first-order valence-corrected chi connectivity index (χ1v) is 6.56. The molecule has 6 heteroatoms. The van der Waals surface area contributed by atoms with Crippen LogP contribution in [0.5, 0.6) is 5.75 Å². The van der Waals surface area contributed by atoms with Crippen LogP contribution in [0.1, 0.15) is 33.3 Å². The first-order chi connectivity index (χ1) is 9.38. The van der Waals surface area contributed by atoms with Gasteiger partial charge in [-0.25, -0.2) is 0 Å². The minimum absolute atomic E-state index is 0.0194. The molecule has 0 fully saturated rings. The molecule has 0 bridgehead atoms. The van der Waals surface area contributed by atoms with E-state index in [1.807, 2.05) is 18.2 Å². The molecule has 0 radical (unpaired) electrons. The Morgan fingerprint density at radius 1 is 1.35 bits per heavy atom. The van der Waals surface area contributed by atoms with Crippen LogP contribution in [0.25, 0.3) is 5.69 Å². The minimum Gasteiger partial charge on any atom is -0.489 e. The average molecular weight is 276 g/mol. The van der Waals surface area contributed by atoms with E-state index in [-0.39, 0.29) is 12.0 Å². The lowest BCUT2D eigenvalue weighted by atomic mass is 9.87. The third-order valence-electron chi connectivity index (χ3n) is 2.90. The van der Waals surface area contributed by atoms with Gasteiger partial charge in [0.25, 0.3) is 0 Å². The minimum atomic E-state index is -0.529. The van der Waals surface area contributed by atoms with E-state index >= 15 is 0 Å². The fourth-order valence-corrected chi connectivity index (χ4v) is 1.77. The highest BCUT2D eigenvalue weighted by atomic mass is 16.5. The Bertz CT molecular complexity index is 559. The summed E-state index contributed by atoms with van der Waals surface area (Å²) >= 11 is 0. The topological polar surface area (TPSA) is 73.1 Å². The number of nitrogens with zero attached hydrogens (tertiary/aromatic N) is 4. The molecule has 2 aromatic rings. The fraction of sp³-hybridized carbons (Fsp3) is 0.500. The van der Waals surface area contributed by atoms with Crippen LogP contribution >= 0.6 is 0 Å². The van der Waals surface area contributed by atoms with E-state index in [0.717, 1.165) is 11.3 Å². The van der Waals surface area contributed by atoms with E-state index in [4.69, 9.17) is 4.74 Å². The number of aliphatic hydroxyl groups is 1. The Morgan fingerprint density at radius 2 is 2.10 bits per heavy atom. The van der Waals surface area contributed by atoms with Crippen molar-refractivity contribution in [3.05, 3.63) is 30.1 Å². The maximum absolute atomic E-state index is 9.35. The van der Waals surface area contributed by atoms with Crippen LogP contribution in [-0.4, -0.2) is 38.0 Å². The van der Waals surface area contributed by atoms with Gasteiger partial charge in [0.15, 0.2) is 0 Å². The number of benzene rings is 1. The molecule has 0 saturated heterocycles. The van der Waals surface area contributed by atoms with Crippen molar-refractivity contribution in [2.75, 3.05) is 6.61 Å². The van der Waals surface area contributed by atoms with E-state index < -0.39 is 6.10 Å². The van der Waals surface area contributed by atoms with Crippen molar-refractivity contribution in [2.24, 2.45) is 0 Å². The quantitative estimate of drug-likeness (QED) is 0.920. The second-order valence-electron chi connectivity index (χ2n) is 5.85. The number of rotatable bonds is 4. The van der Waals surface area contributed by atoms with Crippen LogP contribution < -0.4 is 4.74 Å². The normalized spacial score (nSPS) is 13.2. The molecule has 0 amide bonds. The average Bonchev–Trinajstić information content (AvgIpc) is 2.88. The second kappa shape index (κ2) is 5.58. The molecule has 108 valence electrons. The lowest BCUT2D eigenvalue weighted by Crippen LogP contribution is -2.16. The first kappa shape index (κ1) is 14.5. The largest absolute Gasteiger partial charge is 0.489 e. The van der Waals surface area contributed by atoms with Crippen molar-refractivity contribution in [1.29, 1.82) is 0 Å². The molecule has 20 heavy (non-hydrogen) atoms. The zero-order valence-electron chi connectivity index (χ0n) is 12.2. The van der Waals surface area contributed by atoms with Gasteiger partial charge in [0.05, 0.1) is 6.10 Å².